The van der Waals surface area contributed by atoms with Crippen molar-refractivity contribution in [1.29, 1.82) is 0 Å². The molecule has 1 aromatic heterocycles. The zero-order valence-corrected chi connectivity index (χ0v) is 14.1. The predicted molar refractivity (Wildman–Crippen MR) is 92.4 cm³/mol. The highest BCUT2D eigenvalue weighted by Crippen LogP contribution is 2.26. The van der Waals surface area contributed by atoms with Crippen LogP contribution in [0.2, 0.25) is 0 Å². The van der Waals surface area contributed by atoms with Crippen molar-refractivity contribution in [2.45, 2.75) is 31.6 Å². The van der Waals surface area contributed by atoms with E-state index in [4.69, 9.17) is 4.74 Å². The van der Waals surface area contributed by atoms with Gasteiger partial charge in [0.15, 0.2) is 0 Å². The quantitative estimate of drug-likeness (QED) is 0.710. The van der Waals surface area contributed by atoms with Crippen LogP contribution < -0.4 is 5.32 Å². The summed E-state index contributed by atoms with van der Waals surface area (Å²) in [5.41, 5.74) is 1.85. The second-order valence-electron chi connectivity index (χ2n) is 6.55. The summed E-state index contributed by atoms with van der Waals surface area (Å²) < 4.78 is 5.78. The van der Waals surface area contributed by atoms with Gasteiger partial charge >= 0.3 is 0 Å². The molecular formula is C18H26N4O2. The summed E-state index contributed by atoms with van der Waals surface area (Å²) in [6, 6.07) is 12.6. The minimum absolute atomic E-state index is 0.0557. The number of aliphatic hydroxyl groups excluding tert-OH is 1. The number of morpholine rings is 1. The summed E-state index contributed by atoms with van der Waals surface area (Å²) in [6.45, 7) is 5.57. The van der Waals surface area contributed by atoms with Gasteiger partial charge in [-0.1, -0.05) is 30.3 Å². The molecule has 0 saturated carbocycles. The number of H-pyrrole nitrogens is 1. The molecule has 24 heavy (non-hydrogen) atoms. The van der Waals surface area contributed by atoms with Crippen LogP contribution >= 0.6 is 0 Å². The maximum Gasteiger partial charge on any atom is 0.0807 e. The van der Waals surface area contributed by atoms with Crippen LogP contribution in [0.3, 0.4) is 0 Å². The maximum absolute atomic E-state index is 10.2. The summed E-state index contributed by atoms with van der Waals surface area (Å²) in [4.78, 5) is 2.37. The minimum Gasteiger partial charge on any atom is -0.394 e. The number of aromatic nitrogens is 2. The molecule has 6 nitrogen and oxygen atoms in total. The largest absolute Gasteiger partial charge is 0.394 e. The number of benzene rings is 1. The lowest BCUT2D eigenvalue weighted by atomic mass is 9.94. The van der Waals surface area contributed by atoms with Crippen molar-refractivity contribution in [3.05, 3.63) is 53.9 Å². The SMILES string of the molecule is C[C@@H]1COC[C@@](CO)(CNCc2ccn[nH]2)N1Cc1ccccc1. The standard InChI is InChI=1S/C18H26N4O2/c1-15-11-24-14-18(13-23,12-19-9-17-7-8-20-21-17)22(15)10-16-5-3-2-4-6-16/h2-8,15,19,23H,9-14H2,1H3,(H,20,21)/t15-,18+/m1/s1. The molecule has 0 unspecified atom stereocenters. The normalized spacial score (nSPS) is 25.0. The van der Waals surface area contributed by atoms with Gasteiger partial charge in [-0.05, 0) is 18.6 Å². The van der Waals surface area contributed by atoms with Crippen LogP contribution in [-0.4, -0.2) is 58.1 Å². The molecular weight excluding hydrogens is 304 g/mol. The molecule has 6 heteroatoms. The second kappa shape index (κ2) is 7.90. The van der Waals surface area contributed by atoms with Crippen molar-refractivity contribution in [2.75, 3.05) is 26.4 Å². The topological polar surface area (TPSA) is 73.4 Å². The zero-order chi connectivity index (χ0) is 16.8. The van der Waals surface area contributed by atoms with E-state index in [0.717, 1.165) is 12.2 Å². The molecule has 0 spiro atoms. The van der Waals surface area contributed by atoms with Crippen molar-refractivity contribution in [3.63, 3.8) is 0 Å². The number of aromatic amines is 1. The third-order valence-corrected chi connectivity index (χ3v) is 4.69. The van der Waals surface area contributed by atoms with Gasteiger partial charge in [-0.15, -0.1) is 0 Å². The fourth-order valence-corrected chi connectivity index (χ4v) is 3.32. The van der Waals surface area contributed by atoms with Crippen molar-refractivity contribution in [2.24, 2.45) is 0 Å². The molecule has 1 aliphatic rings. The van der Waals surface area contributed by atoms with E-state index in [9.17, 15) is 5.11 Å². The van der Waals surface area contributed by atoms with Crippen LogP contribution in [0, 0.1) is 0 Å². The molecule has 130 valence electrons. The summed E-state index contributed by atoms with van der Waals surface area (Å²) in [5, 5.41) is 20.5. The molecule has 1 fully saturated rings. The summed E-state index contributed by atoms with van der Waals surface area (Å²) >= 11 is 0. The summed E-state index contributed by atoms with van der Waals surface area (Å²) in [7, 11) is 0. The first kappa shape index (κ1) is 17.1. The van der Waals surface area contributed by atoms with E-state index in [-0.39, 0.29) is 12.6 Å². The van der Waals surface area contributed by atoms with Gasteiger partial charge in [0.25, 0.3) is 0 Å². The molecule has 3 N–H and O–H groups in total. The fraction of sp³-hybridized carbons (Fsp3) is 0.500. The number of hydrogen-bond acceptors (Lipinski definition) is 5. The Morgan fingerprint density at radius 2 is 2.21 bits per heavy atom. The number of nitrogens with zero attached hydrogens (tertiary/aromatic N) is 2. The molecule has 0 amide bonds. The Kier molecular flexibility index (Phi) is 5.63. The molecule has 2 atom stereocenters. The number of aliphatic hydroxyl groups is 1. The van der Waals surface area contributed by atoms with Gasteiger partial charge < -0.3 is 15.2 Å². The molecule has 0 aliphatic carbocycles. The van der Waals surface area contributed by atoms with E-state index in [1.165, 1.54) is 5.56 Å². The van der Waals surface area contributed by atoms with Crippen LogP contribution in [0.4, 0.5) is 0 Å². The number of ether oxygens (including phenoxy) is 1. The highest BCUT2D eigenvalue weighted by Gasteiger charge is 2.42. The smallest absolute Gasteiger partial charge is 0.0807 e. The maximum atomic E-state index is 10.2. The van der Waals surface area contributed by atoms with Gasteiger partial charge in [0.1, 0.15) is 0 Å². The highest BCUT2D eigenvalue weighted by molar-refractivity contribution is 5.16. The molecule has 2 aromatic rings. The van der Waals surface area contributed by atoms with Gasteiger partial charge in [-0.3, -0.25) is 10.00 Å². The summed E-state index contributed by atoms with van der Waals surface area (Å²) in [5.74, 6) is 0. The van der Waals surface area contributed by atoms with Crippen molar-refractivity contribution < 1.29 is 9.84 Å². The van der Waals surface area contributed by atoms with Gasteiger partial charge in [-0.25, -0.2) is 0 Å². The molecule has 0 bridgehead atoms. The lowest BCUT2D eigenvalue weighted by Crippen LogP contribution is -2.66. The Hall–Kier alpha value is -1.73. The van der Waals surface area contributed by atoms with E-state index >= 15 is 0 Å². The number of hydrogen-bond donors (Lipinski definition) is 3. The van der Waals surface area contributed by atoms with Gasteiger partial charge in [0.2, 0.25) is 0 Å². The van der Waals surface area contributed by atoms with Crippen molar-refractivity contribution in [1.82, 2.24) is 20.4 Å². The van der Waals surface area contributed by atoms with E-state index in [0.29, 0.717) is 26.3 Å². The Labute approximate surface area is 142 Å². The molecule has 1 aromatic carbocycles. The van der Waals surface area contributed by atoms with Crippen LogP contribution in [-0.2, 0) is 17.8 Å². The monoisotopic (exact) mass is 330 g/mol. The first-order valence-electron chi connectivity index (χ1n) is 8.42. The molecule has 2 heterocycles. The molecule has 1 aliphatic heterocycles. The fourth-order valence-electron chi connectivity index (χ4n) is 3.32. The number of nitrogens with one attached hydrogen (secondary N) is 2. The van der Waals surface area contributed by atoms with Gasteiger partial charge in [-0.2, -0.15) is 5.10 Å². The van der Waals surface area contributed by atoms with Crippen LogP contribution in [0.5, 0.6) is 0 Å². The lowest BCUT2D eigenvalue weighted by molar-refractivity contribution is -0.122. The van der Waals surface area contributed by atoms with E-state index < -0.39 is 5.54 Å². The van der Waals surface area contributed by atoms with Crippen molar-refractivity contribution in [3.8, 4) is 0 Å². The van der Waals surface area contributed by atoms with Gasteiger partial charge in [0, 0.05) is 37.6 Å². The van der Waals surface area contributed by atoms with Crippen LogP contribution in [0.25, 0.3) is 0 Å². The molecule has 3 rings (SSSR count). The van der Waals surface area contributed by atoms with E-state index in [2.05, 4.69) is 51.6 Å². The van der Waals surface area contributed by atoms with E-state index in [1.807, 2.05) is 12.1 Å². The average Bonchev–Trinajstić information content (AvgIpc) is 3.12. The average molecular weight is 330 g/mol. The second-order valence-corrected chi connectivity index (χ2v) is 6.55. The zero-order valence-electron chi connectivity index (χ0n) is 14.1. The molecule has 0 radical (unpaired) electrons. The van der Waals surface area contributed by atoms with Crippen LogP contribution in [0.15, 0.2) is 42.6 Å². The third kappa shape index (κ3) is 3.84. The Morgan fingerprint density at radius 1 is 1.38 bits per heavy atom. The van der Waals surface area contributed by atoms with E-state index in [1.54, 1.807) is 6.20 Å². The lowest BCUT2D eigenvalue weighted by Gasteiger charge is -2.49. The van der Waals surface area contributed by atoms with Crippen LogP contribution in [0.1, 0.15) is 18.2 Å². The highest BCUT2D eigenvalue weighted by atomic mass is 16.5. The summed E-state index contributed by atoms with van der Waals surface area (Å²) in [6.07, 6.45) is 1.74. The Balaban J connectivity index is 1.71. The first-order valence-corrected chi connectivity index (χ1v) is 8.42. The number of rotatable bonds is 7. The third-order valence-electron chi connectivity index (χ3n) is 4.69. The minimum atomic E-state index is -0.423. The van der Waals surface area contributed by atoms with Gasteiger partial charge in [0.05, 0.1) is 25.4 Å². The first-order chi connectivity index (χ1) is 11.7. The molecule has 1 saturated heterocycles. The Morgan fingerprint density at radius 3 is 2.92 bits per heavy atom. The predicted octanol–water partition coefficient (Wildman–Crippen LogP) is 1.15. The van der Waals surface area contributed by atoms with Crippen molar-refractivity contribution >= 4 is 0 Å². The Bertz CT molecular complexity index is 605.